The fraction of sp³-hybridized carbons (Fsp3) is 0.286. The third-order valence-corrected chi connectivity index (χ3v) is 3.48. The molecule has 1 unspecified atom stereocenters. The number of Topliss-reactive ketones (excluding diaryl/α,β-unsaturated/α-hetero) is 1. The lowest BCUT2D eigenvalue weighted by molar-refractivity contribution is -0.120. The second-order valence-electron chi connectivity index (χ2n) is 3.87. The second-order valence-corrected chi connectivity index (χ2v) is 5.29. The minimum absolute atomic E-state index is 0.0180. The van der Waals surface area contributed by atoms with Crippen LogP contribution in [0.4, 0.5) is 0 Å². The summed E-state index contributed by atoms with van der Waals surface area (Å²) in [6, 6.07) is 7.27. The maximum atomic E-state index is 11.6. The van der Waals surface area contributed by atoms with Gasteiger partial charge in [0, 0.05) is 17.0 Å². The summed E-state index contributed by atoms with van der Waals surface area (Å²) in [5.74, 6) is 0.0267. The van der Waals surface area contributed by atoms with Gasteiger partial charge < -0.3 is 5.32 Å². The predicted molar refractivity (Wildman–Crippen MR) is 75.0 cm³/mol. The molecule has 0 spiro atoms. The largest absolute Gasteiger partial charge is 0.352 e. The Morgan fingerprint density at radius 2 is 2.00 bits per heavy atom. The second kappa shape index (κ2) is 7.01. The Labute approximate surface area is 112 Å². The van der Waals surface area contributed by atoms with Gasteiger partial charge in [0.05, 0.1) is 5.25 Å². The van der Waals surface area contributed by atoms with E-state index < -0.39 is 0 Å². The zero-order valence-electron chi connectivity index (χ0n) is 10.6. The van der Waals surface area contributed by atoms with Crippen molar-refractivity contribution in [3.05, 3.63) is 42.5 Å². The van der Waals surface area contributed by atoms with Crippen molar-refractivity contribution >= 4 is 23.5 Å². The van der Waals surface area contributed by atoms with E-state index in [1.54, 1.807) is 18.2 Å². The van der Waals surface area contributed by atoms with Gasteiger partial charge in [-0.2, -0.15) is 0 Å². The van der Waals surface area contributed by atoms with Crippen molar-refractivity contribution in [2.45, 2.75) is 24.0 Å². The molecule has 3 nitrogen and oxygen atoms in total. The number of benzene rings is 1. The topological polar surface area (TPSA) is 46.2 Å². The number of hydrogen-bond acceptors (Lipinski definition) is 3. The summed E-state index contributed by atoms with van der Waals surface area (Å²) < 4.78 is 0. The van der Waals surface area contributed by atoms with Gasteiger partial charge >= 0.3 is 0 Å². The average molecular weight is 263 g/mol. The number of thioether (sulfide) groups is 1. The lowest BCUT2D eigenvalue weighted by Gasteiger charge is -2.11. The highest BCUT2D eigenvalue weighted by Gasteiger charge is 2.13. The Balaban J connectivity index is 2.58. The molecular formula is C14H17NO2S. The number of hydrogen-bond donors (Lipinski definition) is 1. The first kappa shape index (κ1) is 14.5. The summed E-state index contributed by atoms with van der Waals surface area (Å²) in [5, 5.41) is 2.58. The molecule has 96 valence electrons. The van der Waals surface area contributed by atoms with Crippen LogP contribution in [-0.2, 0) is 4.79 Å². The van der Waals surface area contributed by atoms with Gasteiger partial charge in [-0.1, -0.05) is 18.2 Å². The van der Waals surface area contributed by atoms with E-state index in [4.69, 9.17) is 0 Å². The van der Waals surface area contributed by atoms with E-state index in [1.807, 2.05) is 19.1 Å². The number of carbonyl (C=O) groups excluding carboxylic acids is 2. The number of carbonyl (C=O) groups is 2. The lowest BCUT2D eigenvalue weighted by atomic mass is 10.2. The van der Waals surface area contributed by atoms with Gasteiger partial charge in [0.2, 0.25) is 5.91 Å². The molecule has 0 aromatic heterocycles. The monoisotopic (exact) mass is 263 g/mol. The third kappa shape index (κ3) is 4.37. The Hall–Kier alpha value is -1.55. The van der Waals surface area contributed by atoms with E-state index in [1.165, 1.54) is 18.7 Å². The third-order valence-electron chi connectivity index (χ3n) is 2.36. The molecule has 0 aliphatic rings. The molecule has 1 aromatic carbocycles. The van der Waals surface area contributed by atoms with E-state index in [-0.39, 0.29) is 16.9 Å². The summed E-state index contributed by atoms with van der Waals surface area (Å²) in [7, 11) is 0. The molecule has 4 heteroatoms. The van der Waals surface area contributed by atoms with Crippen LogP contribution in [0.2, 0.25) is 0 Å². The van der Waals surface area contributed by atoms with Crippen molar-refractivity contribution < 1.29 is 9.59 Å². The summed E-state index contributed by atoms with van der Waals surface area (Å²) in [6.45, 7) is 7.41. The fourth-order valence-electron chi connectivity index (χ4n) is 1.34. The van der Waals surface area contributed by atoms with Crippen molar-refractivity contribution in [1.82, 2.24) is 5.32 Å². The first-order valence-corrected chi connectivity index (χ1v) is 6.59. The normalized spacial score (nSPS) is 11.7. The highest BCUT2D eigenvalue weighted by Crippen LogP contribution is 2.23. The van der Waals surface area contributed by atoms with Crippen LogP contribution in [0.15, 0.2) is 41.8 Å². The van der Waals surface area contributed by atoms with Crippen LogP contribution < -0.4 is 5.32 Å². The molecule has 0 radical (unpaired) electrons. The van der Waals surface area contributed by atoms with E-state index >= 15 is 0 Å². The summed E-state index contributed by atoms with van der Waals surface area (Å²) in [5.41, 5.74) is 0.683. The van der Waals surface area contributed by atoms with E-state index in [0.717, 1.165) is 4.90 Å². The van der Waals surface area contributed by atoms with Crippen LogP contribution in [0.5, 0.6) is 0 Å². The van der Waals surface area contributed by atoms with Crippen LogP contribution in [0.25, 0.3) is 0 Å². The Morgan fingerprint density at radius 3 is 2.50 bits per heavy atom. The van der Waals surface area contributed by atoms with E-state index in [0.29, 0.717) is 12.1 Å². The molecule has 0 aliphatic carbocycles. The Morgan fingerprint density at radius 1 is 1.39 bits per heavy atom. The lowest BCUT2D eigenvalue weighted by Crippen LogP contribution is -2.30. The van der Waals surface area contributed by atoms with Gasteiger partial charge in [-0.25, -0.2) is 0 Å². The molecule has 0 saturated carbocycles. The molecule has 0 bridgehead atoms. The first-order valence-electron chi connectivity index (χ1n) is 5.71. The fourth-order valence-corrected chi connectivity index (χ4v) is 2.23. The maximum Gasteiger partial charge on any atom is 0.233 e. The molecule has 1 atom stereocenters. The smallest absolute Gasteiger partial charge is 0.233 e. The number of ketones is 1. The SMILES string of the molecule is C=CCNC(=O)C(C)Sc1ccc(C(C)=O)cc1. The van der Waals surface area contributed by atoms with E-state index in [2.05, 4.69) is 11.9 Å². The van der Waals surface area contributed by atoms with Gasteiger partial charge in [-0.3, -0.25) is 9.59 Å². The first-order chi connectivity index (χ1) is 8.54. The summed E-state index contributed by atoms with van der Waals surface area (Å²) >= 11 is 1.46. The maximum absolute atomic E-state index is 11.6. The minimum atomic E-state index is -0.173. The van der Waals surface area contributed by atoms with Crippen LogP contribution in [-0.4, -0.2) is 23.5 Å². The number of amides is 1. The summed E-state index contributed by atoms with van der Waals surface area (Å²) in [6.07, 6.45) is 1.65. The standard InChI is InChI=1S/C14H17NO2S/c1-4-9-15-14(17)11(3)18-13-7-5-12(6-8-13)10(2)16/h4-8,11H,1,9H2,2-3H3,(H,15,17). The summed E-state index contributed by atoms with van der Waals surface area (Å²) in [4.78, 5) is 23.7. The van der Waals surface area contributed by atoms with Gasteiger partial charge in [-0.05, 0) is 26.0 Å². The average Bonchev–Trinajstić information content (AvgIpc) is 2.36. The zero-order chi connectivity index (χ0) is 13.5. The van der Waals surface area contributed by atoms with Crippen LogP contribution >= 0.6 is 11.8 Å². The van der Waals surface area contributed by atoms with Crippen molar-refractivity contribution in [3.63, 3.8) is 0 Å². The highest BCUT2D eigenvalue weighted by atomic mass is 32.2. The van der Waals surface area contributed by atoms with Crippen molar-refractivity contribution in [3.8, 4) is 0 Å². The van der Waals surface area contributed by atoms with Gasteiger partial charge in [-0.15, -0.1) is 18.3 Å². The molecule has 0 aliphatic heterocycles. The molecule has 1 aromatic rings. The van der Waals surface area contributed by atoms with Gasteiger partial charge in [0.1, 0.15) is 0 Å². The molecular weight excluding hydrogens is 246 g/mol. The highest BCUT2D eigenvalue weighted by molar-refractivity contribution is 8.00. The van der Waals surface area contributed by atoms with Crippen molar-refractivity contribution in [2.24, 2.45) is 0 Å². The van der Waals surface area contributed by atoms with Crippen LogP contribution in [0, 0.1) is 0 Å². The van der Waals surface area contributed by atoms with Crippen LogP contribution in [0.3, 0.4) is 0 Å². The Kier molecular flexibility index (Phi) is 5.65. The molecule has 1 amide bonds. The number of nitrogens with one attached hydrogen (secondary N) is 1. The predicted octanol–water partition coefficient (Wildman–Crippen LogP) is 2.67. The minimum Gasteiger partial charge on any atom is -0.352 e. The molecule has 1 rings (SSSR count). The zero-order valence-corrected chi connectivity index (χ0v) is 11.4. The van der Waals surface area contributed by atoms with Crippen LogP contribution in [0.1, 0.15) is 24.2 Å². The van der Waals surface area contributed by atoms with Crippen molar-refractivity contribution in [2.75, 3.05) is 6.54 Å². The van der Waals surface area contributed by atoms with E-state index in [9.17, 15) is 9.59 Å². The molecule has 0 fully saturated rings. The van der Waals surface area contributed by atoms with Gasteiger partial charge in [0.25, 0.3) is 0 Å². The van der Waals surface area contributed by atoms with Gasteiger partial charge in [0.15, 0.2) is 5.78 Å². The quantitative estimate of drug-likeness (QED) is 0.487. The number of rotatable bonds is 6. The molecule has 0 heterocycles. The molecule has 18 heavy (non-hydrogen) atoms. The van der Waals surface area contributed by atoms with Crippen molar-refractivity contribution in [1.29, 1.82) is 0 Å². The molecule has 1 N–H and O–H groups in total. The Bertz CT molecular complexity index is 440. The molecule has 0 saturated heterocycles.